The van der Waals surface area contributed by atoms with Crippen molar-refractivity contribution in [3.05, 3.63) is 96.1 Å². The molecule has 0 fully saturated rings. The van der Waals surface area contributed by atoms with E-state index in [1.165, 1.54) is 36.4 Å². The molecular formula is C34H30F4N10O6S4. The van der Waals surface area contributed by atoms with Crippen molar-refractivity contribution in [3.8, 4) is 21.1 Å². The first-order valence-electron chi connectivity index (χ1n) is 16.5. The van der Waals surface area contributed by atoms with Crippen LogP contribution in [0, 0.1) is 23.3 Å². The Bertz CT molecular complexity index is 2500. The molecule has 0 unspecified atom stereocenters. The van der Waals surface area contributed by atoms with Gasteiger partial charge < -0.3 is 32.3 Å². The van der Waals surface area contributed by atoms with Gasteiger partial charge in [0.15, 0.2) is 26.3 Å². The molecule has 6 rings (SSSR count). The van der Waals surface area contributed by atoms with Gasteiger partial charge in [0.05, 0.1) is 40.6 Å². The number of halogens is 4. The number of carbonyl (C=O) groups excluding carboxylic acids is 2. The number of anilines is 4. The first kappa shape index (κ1) is 43.5. The zero-order valence-electron chi connectivity index (χ0n) is 29.5. The summed E-state index contributed by atoms with van der Waals surface area (Å²) >= 11 is 2.87. The standard InChI is InChI=1S/C17H15F2N5O4S2.C17H15F2N5O2S2/c18-9-3-1-4-10(19)12(9)16-24-13(14(20)29-16)15(26)23-11-7-21-8-22-17(11)30(27,28)6-2-5-25;18-9-3-1-4-10(19)12(9)17-24-13(14(20)28-17)15(26)23-11-7-21-8-22-16(11)27-6-2-5-25/h1,3-4,7-8,25H,2,5-6,20H2,(H,23,26);1,3-4,7-8,25H,2,5-6,20H2,(H,23,26). The third-order valence-corrected chi connectivity index (χ3v) is 12.0. The van der Waals surface area contributed by atoms with Gasteiger partial charge in [-0.2, -0.15) is 0 Å². The molecule has 2 amide bonds. The number of hydrogen-bond acceptors (Lipinski definition) is 17. The largest absolute Gasteiger partial charge is 0.396 e. The molecule has 304 valence electrons. The Labute approximate surface area is 338 Å². The van der Waals surface area contributed by atoms with Crippen molar-refractivity contribution < 1.29 is 45.8 Å². The lowest BCUT2D eigenvalue weighted by Crippen LogP contribution is -2.19. The van der Waals surface area contributed by atoms with Crippen LogP contribution < -0.4 is 22.1 Å². The fourth-order valence-corrected chi connectivity index (χ4v) is 8.68. The van der Waals surface area contributed by atoms with Gasteiger partial charge in [-0.15, -0.1) is 11.8 Å². The lowest BCUT2D eigenvalue weighted by molar-refractivity contribution is 0.101. The molecular weight excluding hydrogens is 849 g/mol. The van der Waals surface area contributed by atoms with Crippen molar-refractivity contribution in [1.29, 1.82) is 0 Å². The molecule has 0 radical (unpaired) electrons. The molecule has 16 nitrogen and oxygen atoms in total. The summed E-state index contributed by atoms with van der Waals surface area (Å²) in [5, 5.41) is 22.5. The number of sulfone groups is 1. The van der Waals surface area contributed by atoms with Gasteiger partial charge in [-0.1, -0.05) is 34.8 Å². The second-order valence-corrected chi connectivity index (χ2v) is 16.5. The van der Waals surface area contributed by atoms with Crippen molar-refractivity contribution in [2.45, 2.75) is 22.9 Å². The van der Waals surface area contributed by atoms with Gasteiger partial charge >= 0.3 is 0 Å². The molecule has 24 heteroatoms. The van der Waals surface area contributed by atoms with Crippen molar-refractivity contribution in [2.24, 2.45) is 0 Å². The SMILES string of the molecule is Nc1sc(-c2c(F)cccc2F)nc1C(=O)Nc1cncnc1S(=O)(=O)CCCO.Nc1sc(-c2c(F)cccc2F)nc1C(=O)Nc1cncnc1SCCCO. The number of thioether (sulfide) groups is 1. The van der Waals surface area contributed by atoms with Crippen molar-refractivity contribution in [2.75, 3.05) is 46.8 Å². The number of amides is 2. The fraction of sp³-hybridized carbons (Fsp3) is 0.176. The van der Waals surface area contributed by atoms with Gasteiger partial charge in [0, 0.05) is 19.0 Å². The maximum Gasteiger partial charge on any atom is 0.277 e. The van der Waals surface area contributed by atoms with Crippen molar-refractivity contribution in [1.82, 2.24) is 29.9 Å². The molecule has 0 atom stereocenters. The van der Waals surface area contributed by atoms with Gasteiger partial charge in [0.1, 0.15) is 61.0 Å². The number of aliphatic hydroxyl groups excluding tert-OH is 2. The van der Waals surface area contributed by atoms with Crippen LogP contribution in [0.1, 0.15) is 33.8 Å². The Morgan fingerprint density at radius 1 is 0.724 bits per heavy atom. The van der Waals surface area contributed by atoms with E-state index in [4.69, 9.17) is 21.7 Å². The average molecular weight is 879 g/mol. The molecule has 8 N–H and O–H groups in total. The van der Waals surface area contributed by atoms with E-state index in [1.54, 1.807) is 0 Å². The van der Waals surface area contributed by atoms with Crippen LogP contribution in [0.25, 0.3) is 21.1 Å². The van der Waals surface area contributed by atoms with E-state index in [1.807, 2.05) is 0 Å². The first-order chi connectivity index (χ1) is 27.7. The Morgan fingerprint density at radius 2 is 1.19 bits per heavy atom. The molecule has 0 saturated carbocycles. The molecule has 0 bridgehead atoms. The topological polar surface area (TPSA) is 262 Å². The number of nitrogen functional groups attached to an aromatic ring is 2. The van der Waals surface area contributed by atoms with Gasteiger partial charge in [-0.25, -0.2) is 55.9 Å². The van der Waals surface area contributed by atoms with Crippen LogP contribution >= 0.6 is 34.4 Å². The van der Waals surface area contributed by atoms with Crippen LogP contribution in [0.5, 0.6) is 0 Å². The van der Waals surface area contributed by atoms with Crippen LogP contribution in [0.3, 0.4) is 0 Å². The van der Waals surface area contributed by atoms with Crippen molar-refractivity contribution >= 4 is 77.5 Å². The number of rotatable bonds is 14. The Hall–Kier alpha value is -5.66. The van der Waals surface area contributed by atoms with Crippen molar-refractivity contribution in [3.63, 3.8) is 0 Å². The highest BCUT2D eigenvalue weighted by atomic mass is 32.2. The van der Waals surface area contributed by atoms with Gasteiger partial charge in [-0.3, -0.25) is 9.59 Å². The number of aromatic nitrogens is 6. The molecule has 0 spiro atoms. The van der Waals surface area contributed by atoms with Gasteiger partial charge in [-0.05, 0) is 37.1 Å². The number of nitrogens with two attached hydrogens (primary N) is 2. The first-order valence-corrected chi connectivity index (χ1v) is 20.7. The van der Waals surface area contributed by atoms with E-state index in [-0.39, 0.29) is 68.0 Å². The molecule has 4 heterocycles. The number of thiazole rings is 2. The maximum absolute atomic E-state index is 14.0. The number of aliphatic hydroxyl groups is 2. The molecule has 0 aliphatic carbocycles. The summed E-state index contributed by atoms with van der Waals surface area (Å²) < 4.78 is 80.7. The predicted molar refractivity (Wildman–Crippen MR) is 210 cm³/mol. The molecule has 0 aliphatic rings. The monoisotopic (exact) mass is 878 g/mol. The van der Waals surface area contributed by atoms with Crippen LogP contribution in [0.2, 0.25) is 0 Å². The summed E-state index contributed by atoms with van der Waals surface area (Å²) in [6.45, 7) is -0.290. The van der Waals surface area contributed by atoms with Crippen LogP contribution in [-0.2, 0) is 9.84 Å². The molecule has 0 aliphatic heterocycles. The lowest BCUT2D eigenvalue weighted by atomic mass is 10.2. The van der Waals surface area contributed by atoms with E-state index in [2.05, 4.69) is 40.5 Å². The summed E-state index contributed by atoms with van der Waals surface area (Å²) in [7, 11) is -3.91. The molecule has 6 aromatic rings. The molecule has 2 aromatic carbocycles. The number of carbonyl (C=O) groups is 2. The zero-order chi connectivity index (χ0) is 42.0. The minimum Gasteiger partial charge on any atom is -0.396 e. The third-order valence-electron chi connectivity index (χ3n) is 7.34. The summed E-state index contributed by atoms with van der Waals surface area (Å²) in [5.74, 6) is -4.66. The summed E-state index contributed by atoms with van der Waals surface area (Å²) in [6.07, 6.45) is 5.39. The van der Waals surface area contributed by atoms with E-state index in [0.29, 0.717) is 34.2 Å². The number of nitrogens with zero attached hydrogens (tertiary/aromatic N) is 6. The predicted octanol–water partition coefficient (Wildman–Crippen LogP) is 5.06. The maximum atomic E-state index is 14.0. The highest BCUT2D eigenvalue weighted by Gasteiger charge is 2.26. The smallest absolute Gasteiger partial charge is 0.277 e. The molecule has 58 heavy (non-hydrogen) atoms. The van der Waals surface area contributed by atoms with Crippen LogP contribution in [0.4, 0.5) is 38.9 Å². The lowest BCUT2D eigenvalue weighted by Gasteiger charge is -2.09. The molecule has 4 aromatic heterocycles. The van der Waals surface area contributed by atoms with Gasteiger partial charge in [0.2, 0.25) is 0 Å². The number of nitrogens with one attached hydrogen (secondary N) is 2. The summed E-state index contributed by atoms with van der Waals surface area (Å²) in [6, 6.07) is 6.72. The summed E-state index contributed by atoms with van der Waals surface area (Å²) in [4.78, 5) is 48.5. The average Bonchev–Trinajstić information content (AvgIpc) is 3.77. The van der Waals surface area contributed by atoms with E-state index in [9.17, 15) is 35.6 Å². The Kier molecular flexibility index (Phi) is 14.7. The number of hydrogen-bond donors (Lipinski definition) is 6. The normalized spacial score (nSPS) is 11.1. The van der Waals surface area contributed by atoms with Crippen LogP contribution in [0.15, 0.2) is 71.5 Å². The fourth-order valence-electron chi connectivity index (χ4n) is 4.73. The Morgan fingerprint density at radius 3 is 1.69 bits per heavy atom. The minimum absolute atomic E-state index is 0.0175. The third kappa shape index (κ3) is 10.4. The Balaban J connectivity index is 0.000000221. The quantitative estimate of drug-likeness (QED) is 0.0362. The van der Waals surface area contributed by atoms with Crippen LogP contribution in [-0.4, -0.2) is 85.1 Å². The minimum atomic E-state index is -3.91. The second-order valence-electron chi connectivity index (χ2n) is 11.4. The zero-order valence-corrected chi connectivity index (χ0v) is 32.8. The van der Waals surface area contributed by atoms with E-state index >= 15 is 0 Å². The van der Waals surface area contributed by atoms with E-state index in [0.717, 1.165) is 48.1 Å². The van der Waals surface area contributed by atoms with Gasteiger partial charge in [0.25, 0.3) is 11.8 Å². The summed E-state index contributed by atoms with van der Waals surface area (Å²) in [5.41, 5.74) is 10.6. The second kappa shape index (κ2) is 19.7. The highest BCUT2D eigenvalue weighted by molar-refractivity contribution is 7.99. The number of benzene rings is 2. The highest BCUT2D eigenvalue weighted by Crippen LogP contribution is 2.35. The van der Waals surface area contributed by atoms with E-state index < -0.39 is 55.5 Å². The molecule has 0 saturated heterocycles.